The Bertz CT molecular complexity index is 645. The summed E-state index contributed by atoms with van der Waals surface area (Å²) in [5.74, 6) is 2.52. The predicted molar refractivity (Wildman–Crippen MR) is 108 cm³/mol. The average molecular weight is 391 g/mol. The number of aliphatic carboxylic acids is 1. The van der Waals surface area contributed by atoms with E-state index in [1.54, 1.807) is 0 Å². The maximum absolute atomic E-state index is 13.6. The van der Waals surface area contributed by atoms with Crippen LogP contribution in [0.3, 0.4) is 0 Å². The van der Waals surface area contributed by atoms with Crippen molar-refractivity contribution >= 4 is 11.8 Å². The number of carboxylic acid groups (broad SMARTS) is 1. The first-order chi connectivity index (χ1) is 13.2. The SMILES string of the molecule is CC(CCC(=O)O)C1CC[C@@H]2C3CC[C@H]4C[C@@H](O)CC[C@@]4(C)C3CC(=O)[C@@]12C. The molecule has 4 fully saturated rings. The smallest absolute Gasteiger partial charge is 0.303 e. The molecule has 0 saturated heterocycles. The van der Waals surface area contributed by atoms with E-state index >= 15 is 0 Å². The maximum atomic E-state index is 13.6. The Labute approximate surface area is 169 Å². The van der Waals surface area contributed by atoms with E-state index in [2.05, 4.69) is 20.8 Å². The second kappa shape index (κ2) is 7.11. The average Bonchev–Trinajstić information content (AvgIpc) is 3.00. The number of rotatable bonds is 4. The number of aliphatic hydroxyl groups is 1. The van der Waals surface area contributed by atoms with Crippen LogP contribution in [0.15, 0.2) is 0 Å². The Morgan fingerprint density at radius 2 is 1.89 bits per heavy atom. The van der Waals surface area contributed by atoms with Crippen molar-refractivity contribution in [2.75, 3.05) is 0 Å². The van der Waals surface area contributed by atoms with Gasteiger partial charge in [0, 0.05) is 18.3 Å². The lowest BCUT2D eigenvalue weighted by molar-refractivity contribution is -0.160. The summed E-state index contributed by atoms with van der Waals surface area (Å²) >= 11 is 0. The highest BCUT2D eigenvalue weighted by molar-refractivity contribution is 5.87. The monoisotopic (exact) mass is 390 g/mol. The van der Waals surface area contributed by atoms with E-state index in [0.29, 0.717) is 54.1 Å². The Hall–Kier alpha value is -0.900. The molecule has 0 bridgehead atoms. The van der Waals surface area contributed by atoms with Crippen LogP contribution < -0.4 is 0 Å². The topological polar surface area (TPSA) is 74.6 Å². The van der Waals surface area contributed by atoms with Crippen molar-refractivity contribution in [1.29, 1.82) is 0 Å². The molecule has 4 nitrogen and oxygen atoms in total. The summed E-state index contributed by atoms with van der Waals surface area (Å²) < 4.78 is 0. The Morgan fingerprint density at radius 1 is 1.14 bits per heavy atom. The summed E-state index contributed by atoms with van der Waals surface area (Å²) in [5, 5.41) is 19.3. The largest absolute Gasteiger partial charge is 0.481 e. The molecular weight excluding hydrogens is 352 g/mol. The van der Waals surface area contributed by atoms with Crippen molar-refractivity contribution < 1.29 is 19.8 Å². The van der Waals surface area contributed by atoms with Crippen molar-refractivity contribution in [3.05, 3.63) is 0 Å². The standard InChI is InChI=1S/C24H38O4/c1-14(4-9-22(27)28)18-7-8-19-17-6-5-15-12-16(25)10-11-23(15,2)20(17)13-21(26)24(18,19)3/h14-20,25H,4-13H2,1-3H3,(H,27,28)/t14?,15-,16-,17?,18?,19+,20?,23+,24-/m0/s1. The van der Waals surface area contributed by atoms with Crippen LogP contribution in [0.25, 0.3) is 0 Å². The molecule has 4 heteroatoms. The summed E-state index contributed by atoms with van der Waals surface area (Å²) in [6.45, 7) is 6.81. The number of carboxylic acids is 1. The second-order valence-corrected chi connectivity index (χ2v) is 11.1. The van der Waals surface area contributed by atoms with Gasteiger partial charge in [-0.05, 0) is 92.3 Å². The molecule has 9 atom stereocenters. The van der Waals surface area contributed by atoms with Gasteiger partial charge in [0.15, 0.2) is 0 Å². The predicted octanol–water partition coefficient (Wildman–Crippen LogP) is 4.69. The lowest BCUT2D eigenvalue weighted by Crippen LogP contribution is -2.57. The minimum Gasteiger partial charge on any atom is -0.481 e. The van der Waals surface area contributed by atoms with Crippen LogP contribution in [0.1, 0.15) is 85.0 Å². The van der Waals surface area contributed by atoms with Crippen molar-refractivity contribution in [3.63, 3.8) is 0 Å². The summed E-state index contributed by atoms with van der Waals surface area (Å²) in [4.78, 5) is 24.7. The highest BCUT2D eigenvalue weighted by Gasteiger charge is 2.63. The fraction of sp³-hybridized carbons (Fsp3) is 0.917. The van der Waals surface area contributed by atoms with Crippen LogP contribution in [-0.4, -0.2) is 28.1 Å². The number of ketones is 1. The highest BCUT2D eigenvalue weighted by atomic mass is 16.4. The van der Waals surface area contributed by atoms with Crippen LogP contribution in [0.2, 0.25) is 0 Å². The number of Topliss-reactive ketones (excluding diaryl/α,β-unsaturated/α-hetero) is 1. The summed E-state index contributed by atoms with van der Waals surface area (Å²) in [6, 6.07) is 0. The van der Waals surface area contributed by atoms with Crippen LogP contribution in [-0.2, 0) is 9.59 Å². The molecule has 28 heavy (non-hydrogen) atoms. The van der Waals surface area contributed by atoms with Gasteiger partial charge in [0.2, 0.25) is 0 Å². The minimum absolute atomic E-state index is 0.148. The molecule has 0 spiro atoms. The van der Waals surface area contributed by atoms with E-state index in [9.17, 15) is 14.7 Å². The molecule has 4 unspecified atom stereocenters. The first-order valence-electron chi connectivity index (χ1n) is 11.6. The van der Waals surface area contributed by atoms with Crippen LogP contribution in [0.5, 0.6) is 0 Å². The normalized spacial score (nSPS) is 49.1. The van der Waals surface area contributed by atoms with Crippen LogP contribution >= 0.6 is 0 Å². The van der Waals surface area contributed by atoms with Crippen molar-refractivity contribution in [1.82, 2.24) is 0 Å². The van der Waals surface area contributed by atoms with Gasteiger partial charge in [-0.15, -0.1) is 0 Å². The van der Waals surface area contributed by atoms with Crippen molar-refractivity contribution in [2.24, 2.45) is 46.3 Å². The minimum atomic E-state index is -0.729. The van der Waals surface area contributed by atoms with Gasteiger partial charge >= 0.3 is 5.97 Å². The lowest BCUT2D eigenvalue weighted by Gasteiger charge is -2.60. The van der Waals surface area contributed by atoms with E-state index < -0.39 is 5.97 Å². The summed E-state index contributed by atoms with van der Waals surface area (Å²) in [6.07, 6.45) is 8.96. The molecule has 158 valence electrons. The van der Waals surface area contributed by atoms with E-state index in [0.717, 1.165) is 32.1 Å². The van der Waals surface area contributed by atoms with E-state index in [1.165, 1.54) is 12.8 Å². The van der Waals surface area contributed by atoms with Gasteiger partial charge in [0.25, 0.3) is 0 Å². The molecule has 4 aliphatic rings. The molecule has 2 N–H and O–H groups in total. The molecule has 0 aromatic rings. The molecule has 0 aliphatic heterocycles. The number of hydrogen-bond acceptors (Lipinski definition) is 3. The van der Waals surface area contributed by atoms with Gasteiger partial charge in [0.1, 0.15) is 5.78 Å². The number of carbonyl (C=O) groups is 2. The molecule has 4 aliphatic carbocycles. The molecule has 0 aromatic heterocycles. The molecule has 0 aromatic carbocycles. The van der Waals surface area contributed by atoms with Gasteiger partial charge in [-0.1, -0.05) is 20.8 Å². The van der Waals surface area contributed by atoms with Crippen molar-refractivity contribution in [2.45, 2.75) is 91.1 Å². The zero-order valence-corrected chi connectivity index (χ0v) is 17.8. The Morgan fingerprint density at radius 3 is 2.61 bits per heavy atom. The molecular formula is C24H38O4. The third-order valence-corrected chi connectivity index (χ3v) is 10.1. The van der Waals surface area contributed by atoms with E-state index in [1.807, 2.05) is 0 Å². The van der Waals surface area contributed by atoms with E-state index in [-0.39, 0.29) is 23.4 Å². The fourth-order valence-electron chi connectivity index (χ4n) is 8.44. The van der Waals surface area contributed by atoms with Crippen LogP contribution in [0.4, 0.5) is 0 Å². The second-order valence-electron chi connectivity index (χ2n) is 11.1. The van der Waals surface area contributed by atoms with Crippen LogP contribution in [0, 0.1) is 46.3 Å². The highest BCUT2D eigenvalue weighted by Crippen LogP contribution is 2.67. The van der Waals surface area contributed by atoms with Gasteiger partial charge in [0.05, 0.1) is 6.10 Å². The summed E-state index contributed by atoms with van der Waals surface area (Å²) in [7, 11) is 0. The lowest BCUT2D eigenvalue weighted by atomic mass is 9.44. The first kappa shape index (κ1) is 20.4. The third kappa shape index (κ3) is 2.97. The quantitative estimate of drug-likeness (QED) is 0.730. The summed E-state index contributed by atoms with van der Waals surface area (Å²) in [5.41, 5.74) is -0.0391. The number of fused-ring (bicyclic) bond motifs is 5. The van der Waals surface area contributed by atoms with Gasteiger partial charge in [-0.3, -0.25) is 9.59 Å². The first-order valence-corrected chi connectivity index (χ1v) is 11.6. The molecule has 0 amide bonds. The number of aliphatic hydroxyl groups excluding tert-OH is 1. The zero-order chi connectivity index (χ0) is 20.3. The zero-order valence-electron chi connectivity index (χ0n) is 17.8. The Kier molecular flexibility index (Phi) is 5.17. The van der Waals surface area contributed by atoms with Gasteiger partial charge in [-0.25, -0.2) is 0 Å². The molecule has 4 rings (SSSR count). The van der Waals surface area contributed by atoms with Gasteiger partial charge < -0.3 is 10.2 Å². The van der Waals surface area contributed by atoms with E-state index in [4.69, 9.17) is 5.11 Å². The Balaban J connectivity index is 1.57. The number of carbonyl (C=O) groups excluding carboxylic acids is 1. The van der Waals surface area contributed by atoms with Crippen molar-refractivity contribution in [3.8, 4) is 0 Å². The molecule has 0 radical (unpaired) electrons. The third-order valence-electron chi connectivity index (χ3n) is 10.1. The van der Waals surface area contributed by atoms with Gasteiger partial charge in [-0.2, -0.15) is 0 Å². The molecule has 4 saturated carbocycles. The number of hydrogen-bond donors (Lipinski definition) is 2. The maximum Gasteiger partial charge on any atom is 0.303 e. The fourth-order valence-corrected chi connectivity index (χ4v) is 8.44. The molecule has 0 heterocycles.